The number of aromatic nitrogens is 3. The Morgan fingerprint density at radius 2 is 2.04 bits per heavy atom. The lowest BCUT2D eigenvalue weighted by atomic mass is 10.1. The smallest absolute Gasteiger partial charge is 0.233 e. The van der Waals surface area contributed by atoms with Crippen LogP contribution in [-0.2, 0) is 21.7 Å². The van der Waals surface area contributed by atoms with Crippen LogP contribution < -0.4 is 0 Å². The Hall–Kier alpha value is -1.87. The van der Waals surface area contributed by atoms with Crippen molar-refractivity contribution >= 4 is 27.5 Å². The average molecular weight is 423 g/mol. The lowest BCUT2D eigenvalue weighted by Gasteiger charge is -2.33. The monoisotopic (exact) mass is 422 g/mol. The van der Waals surface area contributed by atoms with Gasteiger partial charge in [-0.2, -0.15) is 0 Å². The zero-order valence-corrected chi connectivity index (χ0v) is 18.0. The van der Waals surface area contributed by atoms with E-state index in [-0.39, 0.29) is 35.2 Å². The van der Waals surface area contributed by atoms with Gasteiger partial charge in [-0.3, -0.25) is 4.79 Å². The van der Waals surface area contributed by atoms with E-state index in [9.17, 15) is 13.2 Å². The summed E-state index contributed by atoms with van der Waals surface area (Å²) >= 11 is 1.33. The number of carbonyl (C=O) groups is 1. The molecule has 7 nitrogen and oxygen atoms in total. The highest BCUT2D eigenvalue weighted by Crippen LogP contribution is 2.25. The lowest BCUT2D eigenvalue weighted by Crippen LogP contribution is -2.47. The molecule has 0 unspecified atom stereocenters. The minimum atomic E-state index is -3.04. The fourth-order valence-electron chi connectivity index (χ4n) is 3.48. The van der Waals surface area contributed by atoms with Crippen molar-refractivity contribution in [3.8, 4) is 11.4 Å². The fourth-order valence-corrected chi connectivity index (χ4v) is 5.97. The van der Waals surface area contributed by atoms with Crippen molar-refractivity contribution in [1.82, 2.24) is 19.7 Å². The minimum Gasteiger partial charge on any atom is -0.335 e. The number of hydrogen-bond acceptors (Lipinski definition) is 6. The molecule has 1 aromatic heterocycles. The summed E-state index contributed by atoms with van der Waals surface area (Å²) in [6.07, 6.45) is 1.31. The number of amides is 1. The number of hydrogen-bond donors (Lipinski definition) is 0. The second-order valence-electron chi connectivity index (χ2n) is 7.14. The molecule has 1 saturated heterocycles. The number of carbonyl (C=O) groups excluding carboxylic acids is 1. The van der Waals surface area contributed by atoms with Crippen LogP contribution in [-0.4, -0.2) is 63.3 Å². The topological polar surface area (TPSA) is 85.2 Å². The van der Waals surface area contributed by atoms with E-state index in [1.54, 1.807) is 4.90 Å². The third kappa shape index (κ3) is 4.57. The van der Waals surface area contributed by atoms with Gasteiger partial charge in [0.15, 0.2) is 20.8 Å². The maximum absolute atomic E-state index is 13.0. The minimum absolute atomic E-state index is 0.00535. The molecular weight excluding hydrogens is 396 g/mol. The van der Waals surface area contributed by atoms with Gasteiger partial charge in [0.05, 0.1) is 17.3 Å². The van der Waals surface area contributed by atoms with Gasteiger partial charge in [0.2, 0.25) is 5.91 Å². The molecule has 0 aliphatic carbocycles. The SMILES string of the molecule is CC[C@H](C)N(C(=O)CSc1nnc(-c2ccccc2)n1C)[C@@H]1CCS(=O)(=O)C1. The molecule has 1 aromatic carbocycles. The molecule has 1 aliphatic rings. The van der Waals surface area contributed by atoms with Gasteiger partial charge >= 0.3 is 0 Å². The predicted molar refractivity (Wildman–Crippen MR) is 111 cm³/mol. The van der Waals surface area contributed by atoms with Crippen molar-refractivity contribution in [3.63, 3.8) is 0 Å². The summed E-state index contributed by atoms with van der Waals surface area (Å²) in [5.41, 5.74) is 0.966. The number of sulfone groups is 1. The molecule has 152 valence electrons. The molecule has 1 aliphatic heterocycles. The first-order valence-electron chi connectivity index (χ1n) is 9.41. The molecule has 2 heterocycles. The second kappa shape index (κ2) is 8.65. The summed E-state index contributed by atoms with van der Waals surface area (Å²) < 4.78 is 25.6. The lowest BCUT2D eigenvalue weighted by molar-refractivity contribution is -0.132. The van der Waals surface area contributed by atoms with Crippen molar-refractivity contribution in [2.45, 2.75) is 43.9 Å². The van der Waals surface area contributed by atoms with Gasteiger partial charge in [0, 0.05) is 24.7 Å². The molecule has 0 N–H and O–H groups in total. The van der Waals surface area contributed by atoms with E-state index in [0.29, 0.717) is 11.6 Å². The molecule has 9 heteroatoms. The molecule has 3 rings (SSSR count). The Labute approximate surface area is 170 Å². The van der Waals surface area contributed by atoms with E-state index >= 15 is 0 Å². The predicted octanol–water partition coefficient (Wildman–Crippen LogP) is 2.39. The van der Waals surface area contributed by atoms with Crippen LogP contribution in [0.2, 0.25) is 0 Å². The average Bonchev–Trinajstić information content (AvgIpc) is 3.22. The van der Waals surface area contributed by atoms with Crippen LogP contribution in [0, 0.1) is 0 Å². The van der Waals surface area contributed by atoms with Gasteiger partial charge in [0.1, 0.15) is 0 Å². The summed E-state index contributed by atoms with van der Waals surface area (Å²) in [4.78, 5) is 14.7. The van der Waals surface area contributed by atoms with Gasteiger partial charge in [-0.05, 0) is 19.8 Å². The summed E-state index contributed by atoms with van der Waals surface area (Å²) in [6, 6.07) is 9.54. The van der Waals surface area contributed by atoms with Crippen molar-refractivity contribution in [2.24, 2.45) is 7.05 Å². The van der Waals surface area contributed by atoms with Gasteiger partial charge < -0.3 is 9.47 Å². The molecule has 0 radical (unpaired) electrons. The Morgan fingerprint density at radius 3 is 2.64 bits per heavy atom. The van der Waals surface area contributed by atoms with Gasteiger partial charge in [0.25, 0.3) is 0 Å². The first kappa shape index (κ1) is 20.9. The Morgan fingerprint density at radius 1 is 1.32 bits per heavy atom. The zero-order valence-electron chi connectivity index (χ0n) is 16.4. The quantitative estimate of drug-likeness (QED) is 0.637. The van der Waals surface area contributed by atoms with Crippen molar-refractivity contribution in [1.29, 1.82) is 0 Å². The third-order valence-corrected chi connectivity index (χ3v) is 7.90. The first-order valence-corrected chi connectivity index (χ1v) is 12.2. The van der Waals surface area contributed by atoms with Crippen LogP contribution >= 0.6 is 11.8 Å². The van der Waals surface area contributed by atoms with E-state index in [0.717, 1.165) is 17.8 Å². The van der Waals surface area contributed by atoms with E-state index < -0.39 is 9.84 Å². The van der Waals surface area contributed by atoms with Crippen molar-refractivity contribution in [2.75, 3.05) is 17.3 Å². The molecule has 28 heavy (non-hydrogen) atoms. The van der Waals surface area contributed by atoms with Crippen LogP contribution in [0.15, 0.2) is 35.5 Å². The fraction of sp³-hybridized carbons (Fsp3) is 0.526. The number of nitrogens with zero attached hydrogens (tertiary/aromatic N) is 4. The van der Waals surface area contributed by atoms with Crippen LogP contribution in [0.1, 0.15) is 26.7 Å². The standard InChI is InChI=1S/C19H26N4O3S2/c1-4-14(2)23(16-10-11-28(25,26)13-16)17(24)12-27-19-21-20-18(22(19)3)15-8-6-5-7-9-15/h5-9,14,16H,4,10-13H2,1-3H3/t14-,16+/m0/s1. The number of rotatable bonds is 7. The largest absolute Gasteiger partial charge is 0.335 e. The molecule has 0 spiro atoms. The summed E-state index contributed by atoms with van der Waals surface area (Å²) in [6.45, 7) is 3.99. The molecule has 1 amide bonds. The molecule has 2 atom stereocenters. The molecule has 0 saturated carbocycles. The molecule has 1 fully saturated rings. The van der Waals surface area contributed by atoms with E-state index in [4.69, 9.17) is 0 Å². The molecule has 0 bridgehead atoms. The van der Waals surface area contributed by atoms with Crippen molar-refractivity contribution < 1.29 is 13.2 Å². The van der Waals surface area contributed by atoms with E-state index in [1.165, 1.54) is 11.8 Å². The Kier molecular flexibility index (Phi) is 6.44. The number of benzene rings is 1. The zero-order chi connectivity index (χ0) is 20.3. The van der Waals surface area contributed by atoms with Crippen LogP contribution in [0.4, 0.5) is 0 Å². The van der Waals surface area contributed by atoms with Gasteiger partial charge in [-0.1, -0.05) is 49.0 Å². The van der Waals surface area contributed by atoms with E-state index in [1.807, 2.05) is 55.8 Å². The number of thioether (sulfide) groups is 1. The van der Waals surface area contributed by atoms with Crippen LogP contribution in [0.5, 0.6) is 0 Å². The normalized spacial score (nSPS) is 19.5. The summed E-state index contributed by atoms with van der Waals surface area (Å²) in [5, 5.41) is 9.13. The maximum atomic E-state index is 13.0. The van der Waals surface area contributed by atoms with E-state index in [2.05, 4.69) is 10.2 Å². The maximum Gasteiger partial charge on any atom is 0.233 e. The highest BCUT2D eigenvalue weighted by atomic mass is 32.2. The van der Waals surface area contributed by atoms with Crippen LogP contribution in [0.25, 0.3) is 11.4 Å². The highest BCUT2D eigenvalue weighted by molar-refractivity contribution is 7.99. The third-order valence-electron chi connectivity index (χ3n) is 5.15. The Balaban J connectivity index is 1.70. The Bertz CT molecular complexity index is 928. The molecular formula is C19H26N4O3S2. The summed E-state index contributed by atoms with van der Waals surface area (Å²) in [5.74, 6) is 1.13. The van der Waals surface area contributed by atoms with Gasteiger partial charge in [-0.15, -0.1) is 10.2 Å². The second-order valence-corrected chi connectivity index (χ2v) is 10.3. The van der Waals surface area contributed by atoms with Crippen LogP contribution in [0.3, 0.4) is 0 Å². The highest BCUT2D eigenvalue weighted by Gasteiger charge is 2.36. The molecule has 2 aromatic rings. The first-order chi connectivity index (χ1) is 13.3. The van der Waals surface area contributed by atoms with Gasteiger partial charge in [-0.25, -0.2) is 8.42 Å². The summed E-state index contributed by atoms with van der Waals surface area (Å²) in [7, 11) is -1.16. The van der Waals surface area contributed by atoms with Crippen molar-refractivity contribution in [3.05, 3.63) is 30.3 Å².